The minimum absolute atomic E-state index is 0.0360. The van der Waals surface area contributed by atoms with Crippen molar-refractivity contribution in [1.29, 1.82) is 0 Å². The molecule has 1 fully saturated rings. The summed E-state index contributed by atoms with van der Waals surface area (Å²) in [5.41, 5.74) is 2.80. The molecule has 1 aliphatic rings. The Morgan fingerprint density at radius 3 is 2.55 bits per heavy atom. The molecule has 33 heavy (non-hydrogen) atoms. The fraction of sp³-hybridized carbons (Fsp3) is 0.435. The van der Waals surface area contributed by atoms with Crippen LogP contribution in [0.25, 0.3) is 16.7 Å². The van der Waals surface area contributed by atoms with Crippen molar-refractivity contribution in [2.24, 2.45) is 5.92 Å². The van der Waals surface area contributed by atoms with Crippen LogP contribution in [0.15, 0.2) is 30.3 Å². The standard InChI is InChI=1S/C23H26F3N5O2/c1-13(2)20-19-18(30-9-8-14(12-30)23(24,25)26)11-17(22(32)33)27-21(19)31(28-20)16-7-5-6-15(10-16)29(3)4/h5-7,10-11,13-14H,8-9,12H2,1-4H3,(H,32,33). The van der Waals surface area contributed by atoms with Crippen molar-refractivity contribution < 1.29 is 23.1 Å². The average molecular weight is 461 g/mol. The number of rotatable bonds is 5. The summed E-state index contributed by atoms with van der Waals surface area (Å²) < 4.78 is 41.6. The molecule has 10 heteroatoms. The Morgan fingerprint density at radius 1 is 1.24 bits per heavy atom. The number of hydrogen-bond acceptors (Lipinski definition) is 5. The van der Waals surface area contributed by atoms with Crippen LogP contribution in [0, 0.1) is 5.92 Å². The number of hydrogen-bond donors (Lipinski definition) is 1. The number of alkyl halides is 3. The lowest BCUT2D eigenvalue weighted by Gasteiger charge is -2.22. The number of fused-ring (bicyclic) bond motifs is 1. The van der Waals surface area contributed by atoms with Crippen LogP contribution in [0.4, 0.5) is 24.5 Å². The molecule has 7 nitrogen and oxygen atoms in total. The molecular weight excluding hydrogens is 435 g/mol. The molecule has 0 amide bonds. The number of pyridine rings is 1. The van der Waals surface area contributed by atoms with Crippen molar-refractivity contribution in [3.8, 4) is 5.69 Å². The average Bonchev–Trinajstić information content (AvgIpc) is 3.38. The van der Waals surface area contributed by atoms with Crippen LogP contribution in [0.3, 0.4) is 0 Å². The van der Waals surface area contributed by atoms with Crippen LogP contribution < -0.4 is 9.80 Å². The van der Waals surface area contributed by atoms with Gasteiger partial charge in [-0.2, -0.15) is 18.3 Å². The van der Waals surface area contributed by atoms with E-state index in [0.29, 0.717) is 28.1 Å². The summed E-state index contributed by atoms with van der Waals surface area (Å²) >= 11 is 0. The van der Waals surface area contributed by atoms with E-state index in [0.717, 1.165) is 5.69 Å². The molecule has 176 valence electrons. The maximum atomic E-state index is 13.4. The van der Waals surface area contributed by atoms with E-state index in [1.54, 1.807) is 9.58 Å². The number of carbonyl (C=O) groups is 1. The molecule has 3 heterocycles. The molecule has 1 aromatic carbocycles. The fourth-order valence-electron chi connectivity index (χ4n) is 4.21. The monoisotopic (exact) mass is 461 g/mol. The van der Waals surface area contributed by atoms with Crippen LogP contribution in [-0.4, -0.2) is 59.2 Å². The van der Waals surface area contributed by atoms with Gasteiger partial charge in [0.15, 0.2) is 11.3 Å². The summed E-state index contributed by atoms with van der Waals surface area (Å²) in [5.74, 6) is -2.75. The highest BCUT2D eigenvalue weighted by molar-refractivity contribution is 5.98. The zero-order chi connectivity index (χ0) is 24.1. The van der Waals surface area contributed by atoms with E-state index in [1.165, 1.54) is 6.07 Å². The Labute approximate surface area is 189 Å². The Kier molecular flexibility index (Phi) is 5.71. The van der Waals surface area contributed by atoms with Crippen LogP contribution >= 0.6 is 0 Å². The zero-order valence-electron chi connectivity index (χ0n) is 18.9. The van der Waals surface area contributed by atoms with Crippen molar-refractivity contribution >= 4 is 28.4 Å². The van der Waals surface area contributed by atoms with E-state index in [9.17, 15) is 23.1 Å². The lowest BCUT2D eigenvalue weighted by Crippen LogP contribution is -2.27. The zero-order valence-corrected chi connectivity index (χ0v) is 18.9. The van der Waals surface area contributed by atoms with E-state index in [1.807, 2.05) is 57.1 Å². The number of benzene rings is 1. The quantitative estimate of drug-likeness (QED) is 0.594. The maximum absolute atomic E-state index is 13.4. The molecule has 1 N–H and O–H groups in total. The predicted octanol–water partition coefficient (Wildman–Crippen LogP) is 4.70. The Morgan fingerprint density at radius 2 is 1.97 bits per heavy atom. The molecule has 3 aromatic rings. The molecule has 0 bridgehead atoms. The van der Waals surface area contributed by atoms with Gasteiger partial charge in [0.1, 0.15) is 0 Å². The van der Waals surface area contributed by atoms with Gasteiger partial charge in [0.2, 0.25) is 0 Å². The highest BCUT2D eigenvalue weighted by Gasteiger charge is 2.44. The number of carboxylic acid groups (broad SMARTS) is 1. The van der Waals surface area contributed by atoms with Crippen molar-refractivity contribution in [1.82, 2.24) is 14.8 Å². The molecule has 1 saturated heterocycles. The number of anilines is 2. The summed E-state index contributed by atoms with van der Waals surface area (Å²) in [6.45, 7) is 3.85. The third-order valence-corrected chi connectivity index (χ3v) is 5.99. The summed E-state index contributed by atoms with van der Waals surface area (Å²) in [5, 5.41) is 15.0. The lowest BCUT2D eigenvalue weighted by molar-refractivity contribution is -0.168. The number of aromatic nitrogens is 3. The largest absolute Gasteiger partial charge is 0.477 e. The summed E-state index contributed by atoms with van der Waals surface area (Å²) in [7, 11) is 3.81. The van der Waals surface area contributed by atoms with Crippen molar-refractivity contribution in [2.45, 2.75) is 32.4 Å². The van der Waals surface area contributed by atoms with Crippen LogP contribution in [0.1, 0.15) is 42.4 Å². The molecule has 2 aromatic heterocycles. The van der Waals surface area contributed by atoms with Gasteiger partial charge in [-0.3, -0.25) is 0 Å². The van der Waals surface area contributed by atoms with Crippen LogP contribution in [-0.2, 0) is 0 Å². The molecular formula is C23H26F3N5O2. The Bertz CT molecular complexity index is 1200. The van der Waals surface area contributed by atoms with Gasteiger partial charge in [-0.05, 0) is 36.6 Å². The van der Waals surface area contributed by atoms with Crippen molar-refractivity contribution in [2.75, 3.05) is 37.0 Å². The minimum atomic E-state index is -4.30. The summed E-state index contributed by atoms with van der Waals surface area (Å²) in [6, 6.07) is 8.91. The number of carboxylic acids is 1. The third kappa shape index (κ3) is 4.21. The first-order valence-electron chi connectivity index (χ1n) is 10.7. The van der Waals surface area contributed by atoms with Gasteiger partial charge in [0.05, 0.1) is 28.4 Å². The minimum Gasteiger partial charge on any atom is -0.477 e. The van der Waals surface area contributed by atoms with Gasteiger partial charge >= 0.3 is 12.1 Å². The van der Waals surface area contributed by atoms with Crippen LogP contribution in [0.5, 0.6) is 0 Å². The predicted molar refractivity (Wildman–Crippen MR) is 121 cm³/mol. The first kappa shape index (κ1) is 22.9. The number of nitrogens with zero attached hydrogens (tertiary/aromatic N) is 5. The highest BCUT2D eigenvalue weighted by atomic mass is 19.4. The Balaban J connectivity index is 1.96. The molecule has 4 rings (SSSR count). The van der Waals surface area contributed by atoms with E-state index in [-0.39, 0.29) is 31.1 Å². The summed E-state index contributed by atoms with van der Waals surface area (Å²) in [4.78, 5) is 19.8. The van der Waals surface area contributed by atoms with Gasteiger partial charge in [0, 0.05) is 32.9 Å². The molecule has 0 aliphatic carbocycles. The fourth-order valence-corrected chi connectivity index (χ4v) is 4.21. The number of aromatic carboxylic acids is 1. The molecule has 1 aliphatic heterocycles. The van der Waals surface area contributed by atoms with E-state index in [2.05, 4.69) is 4.98 Å². The highest BCUT2D eigenvalue weighted by Crippen LogP contribution is 2.40. The smallest absolute Gasteiger partial charge is 0.393 e. The van der Waals surface area contributed by atoms with E-state index in [4.69, 9.17) is 5.10 Å². The molecule has 0 radical (unpaired) electrons. The lowest BCUT2D eigenvalue weighted by atomic mass is 10.1. The molecule has 0 saturated carbocycles. The second kappa shape index (κ2) is 8.24. The Hall–Kier alpha value is -3.30. The second-order valence-electron chi connectivity index (χ2n) is 8.87. The van der Waals surface area contributed by atoms with Gasteiger partial charge in [0.25, 0.3) is 0 Å². The summed E-state index contributed by atoms with van der Waals surface area (Å²) in [6.07, 6.45) is -4.33. The first-order chi connectivity index (χ1) is 15.5. The maximum Gasteiger partial charge on any atom is 0.393 e. The van der Waals surface area contributed by atoms with E-state index >= 15 is 0 Å². The normalized spacial score (nSPS) is 16.7. The van der Waals surface area contributed by atoms with Gasteiger partial charge in [-0.25, -0.2) is 14.5 Å². The van der Waals surface area contributed by atoms with Crippen molar-refractivity contribution in [3.63, 3.8) is 0 Å². The second-order valence-corrected chi connectivity index (χ2v) is 8.87. The van der Waals surface area contributed by atoms with Gasteiger partial charge in [-0.1, -0.05) is 19.9 Å². The van der Waals surface area contributed by atoms with Crippen LogP contribution in [0.2, 0.25) is 0 Å². The number of halogens is 3. The van der Waals surface area contributed by atoms with Gasteiger partial charge in [-0.15, -0.1) is 0 Å². The SMILES string of the molecule is CC(C)c1nn(-c2cccc(N(C)C)c2)c2nc(C(=O)O)cc(N3CCC(C(F)(F)F)C3)c12. The van der Waals surface area contributed by atoms with Crippen molar-refractivity contribution in [3.05, 3.63) is 41.7 Å². The van der Waals surface area contributed by atoms with E-state index < -0.39 is 18.1 Å². The molecule has 0 spiro atoms. The topological polar surface area (TPSA) is 74.5 Å². The third-order valence-electron chi connectivity index (χ3n) is 5.99. The van der Waals surface area contributed by atoms with Gasteiger partial charge < -0.3 is 14.9 Å². The first-order valence-corrected chi connectivity index (χ1v) is 10.7. The molecule has 1 atom stereocenters. The molecule has 1 unspecified atom stereocenters.